The number of thiol groups is 1. The lowest BCUT2D eigenvalue weighted by atomic mass is 9.97. The van der Waals surface area contributed by atoms with E-state index in [1.807, 2.05) is 12.1 Å². The maximum Gasteiger partial charge on any atom is 0.190 e. The van der Waals surface area contributed by atoms with Crippen LogP contribution in [0.5, 0.6) is 11.5 Å². The molecule has 0 aliphatic carbocycles. The van der Waals surface area contributed by atoms with Gasteiger partial charge in [-0.1, -0.05) is 50.2 Å². The molecule has 27 heavy (non-hydrogen) atoms. The van der Waals surface area contributed by atoms with Crippen LogP contribution in [0.4, 0.5) is 0 Å². The molecule has 0 radical (unpaired) electrons. The Bertz CT molecular complexity index is 901. The minimum absolute atomic E-state index is 0.456. The third kappa shape index (κ3) is 3.02. The number of hydrogen-bond donors (Lipinski definition) is 1. The fraction of sp³-hybridized carbons (Fsp3) is 0.400. The highest BCUT2D eigenvalue weighted by molar-refractivity contribution is 8.68. The van der Waals surface area contributed by atoms with Crippen molar-refractivity contribution in [3.8, 4) is 11.5 Å². The minimum atomic E-state index is -2.58. The van der Waals surface area contributed by atoms with Crippen LogP contribution in [0, 0.1) is 6.92 Å². The van der Waals surface area contributed by atoms with Gasteiger partial charge in [0.2, 0.25) is 0 Å². The Morgan fingerprint density at radius 3 is 2.37 bits per heavy atom. The molecular formula is C20H31B3O2S2. The minimum Gasteiger partial charge on any atom is -0.456 e. The zero-order valence-electron chi connectivity index (χ0n) is 17.5. The molecule has 2 aromatic rings. The van der Waals surface area contributed by atoms with Crippen LogP contribution in [0.1, 0.15) is 43.4 Å². The summed E-state index contributed by atoms with van der Waals surface area (Å²) in [7, 11) is 2.98. The molecule has 0 N–H and O–H groups in total. The van der Waals surface area contributed by atoms with E-state index in [1.165, 1.54) is 0 Å². The lowest BCUT2D eigenvalue weighted by Gasteiger charge is -2.60. The lowest BCUT2D eigenvalue weighted by Crippen LogP contribution is -2.50. The zero-order chi connectivity index (χ0) is 19.9. The first-order valence-electron chi connectivity index (χ1n) is 9.87. The average Bonchev–Trinajstić information content (AvgIpc) is 2.59. The molecule has 1 heterocycles. The van der Waals surface area contributed by atoms with Gasteiger partial charge in [0.1, 0.15) is 25.7 Å². The maximum absolute atomic E-state index is 14.6. The third-order valence-corrected chi connectivity index (χ3v) is 15.1. The second-order valence-corrected chi connectivity index (χ2v) is 16.0. The summed E-state index contributed by atoms with van der Waals surface area (Å²) in [6.07, 6.45) is 2.03. The smallest absolute Gasteiger partial charge is 0.190 e. The van der Waals surface area contributed by atoms with E-state index in [2.05, 4.69) is 72.5 Å². The summed E-state index contributed by atoms with van der Waals surface area (Å²) in [5.74, 6) is 3.66. The van der Waals surface area contributed by atoms with Gasteiger partial charge in [-0.05, 0) is 42.9 Å². The number of fused-ring (bicyclic) bond motifs is 2. The number of ether oxygens (including phenoxy) is 1. The molecule has 1 atom stereocenters. The summed E-state index contributed by atoms with van der Waals surface area (Å²) in [5, 5.41) is 0. The van der Waals surface area contributed by atoms with Gasteiger partial charge in [0.15, 0.2) is 7.12 Å². The van der Waals surface area contributed by atoms with Crippen LogP contribution in [0.2, 0.25) is 0 Å². The second kappa shape index (κ2) is 7.40. The van der Waals surface area contributed by atoms with Gasteiger partial charge in [-0.25, -0.2) is 0 Å². The predicted molar refractivity (Wildman–Crippen MR) is 132 cm³/mol. The topological polar surface area (TPSA) is 26.3 Å². The van der Waals surface area contributed by atoms with Crippen LogP contribution in [0.25, 0.3) is 0 Å². The molecule has 1 aliphatic rings. The molecule has 144 valence electrons. The van der Waals surface area contributed by atoms with Crippen molar-refractivity contribution in [3.05, 3.63) is 59.2 Å². The van der Waals surface area contributed by atoms with E-state index in [4.69, 9.17) is 4.74 Å². The number of hydrogen-bond acceptors (Lipinski definition) is 2. The molecule has 7 heteroatoms. The van der Waals surface area contributed by atoms with Gasteiger partial charge in [-0.3, -0.25) is 13.9 Å². The van der Waals surface area contributed by atoms with Crippen molar-refractivity contribution >= 4 is 40.9 Å². The number of aryl methyl sites for hydroxylation is 1. The molecule has 1 aliphatic heterocycles. The Balaban J connectivity index is 2.50. The Kier molecular flexibility index (Phi) is 5.66. The molecule has 0 saturated heterocycles. The number of rotatable bonds is 6. The molecule has 3 rings (SSSR count). The van der Waals surface area contributed by atoms with Crippen molar-refractivity contribution in [1.29, 1.82) is 0 Å². The SMILES string of the molecule is BS(B)(CCC)C1([SH](B)(=O)CCC)c2ccccc2Oc2c(C)cccc21. The zero-order valence-corrected chi connectivity index (χ0v) is 19.3. The quantitative estimate of drug-likeness (QED) is 0.597. The Morgan fingerprint density at radius 1 is 1.04 bits per heavy atom. The molecule has 0 amide bonds. The van der Waals surface area contributed by atoms with Crippen molar-refractivity contribution in [2.24, 2.45) is 0 Å². The van der Waals surface area contributed by atoms with Crippen molar-refractivity contribution in [2.45, 2.75) is 37.7 Å². The standard InChI is InChI=1S/C20H31B3O2S2/c1-4-13-26(21,22)20(27(23,24)14-5-2)16-10-6-7-12-18(16)25-19-15(3)9-8-11-17(19)20/h6-12,27H,4-5,13-14,21-23H2,1-3H3. The van der Waals surface area contributed by atoms with E-state index in [0.29, 0.717) is 0 Å². The van der Waals surface area contributed by atoms with Gasteiger partial charge in [0.25, 0.3) is 0 Å². The van der Waals surface area contributed by atoms with Gasteiger partial charge in [0, 0.05) is 11.1 Å². The van der Waals surface area contributed by atoms with Gasteiger partial charge >= 0.3 is 0 Å². The number of benzene rings is 2. The summed E-state index contributed by atoms with van der Waals surface area (Å²) in [5.41, 5.74) is 3.40. The average molecular weight is 400 g/mol. The highest BCUT2D eigenvalue weighted by Gasteiger charge is 2.55. The molecule has 0 bridgehead atoms. The van der Waals surface area contributed by atoms with Crippen molar-refractivity contribution in [3.63, 3.8) is 0 Å². The molecule has 0 fully saturated rings. The van der Waals surface area contributed by atoms with E-state index < -0.39 is 23.6 Å². The normalized spacial score (nSPS) is 20.3. The van der Waals surface area contributed by atoms with E-state index >= 15 is 0 Å². The van der Waals surface area contributed by atoms with Gasteiger partial charge in [-0.2, -0.15) is 0 Å². The van der Waals surface area contributed by atoms with Crippen molar-refractivity contribution in [1.82, 2.24) is 0 Å². The van der Waals surface area contributed by atoms with Crippen LogP contribution >= 0.6 is 9.73 Å². The summed E-state index contributed by atoms with van der Waals surface area (Å²) >= 11 is 0. The van der Waals surface area contributed by atoms with Crippen LogP contribution < -0.4 is 4.74 Å². The summed E-state index contributed by atoms with van der Waals surface area (Å²) in [6, 6.07) is 14.7. The highest BCUT2D eigenvalue weighted by atomic mass is 32.3. The first-order valence-corrected chi connectivity index (χ1v) is 14.8. The molecule has 0 spiro atoms. The molecule has 2 nitrogen and oxygen atoms in total. The van der Waals surface area contributed by atoms with E-state index in [-0.39, 0.29) is 0 Å². The highest BCUT2D eigenvalue weighted by Crippen LogP contribution is 2.70. The van der Waals surface area contributed by atoms with Crippen molar-refractivity contribution < 1.29 is 8.95 Å². The monoisotopic (exact) mass is 400 g/mol. The van der Waals surface area contributed by atoms with Crippen LogP contribution in [-0.2, 0) is 13.9 Å². The van der Waals surface area contributed by atoms with Crippen LogP contribution in [-0.4, -0.2) is 37.1 Å². The summed E-state index contributed by atoms with van der Waals surface area (Å²) in [4.78, 5) is 0. The van der Waals surface area contributed by atoms with Crippen LogP contribution in [0.15, 0.2) is 42.5 Å². The first-order chi connectivity index (χ1) is 12.7. The molecule has 2 aromatic carbocycles. The first kappa shape index (κ1) is 20.7. The molecule has 0 aromatic heterocycles. The molecule has 0 saturated carbocycles. The molecule has 1 unspecified atom stereocenters. The largest absolute Gasteiger partial charge is 0.456 e. The lowest BCUT2D eigenvalue weighted by molar-refractivity contribution is 0.449. The fourth-order valence-electron chi connectivity index (χ4n) is 5.02. The Morgan fingerprint density at radius 2 is 1.70 bits per heavy atom. The van der Waals surface area contributed by atoms with Crippen LogP contribution in [0.3, 0.4) is 0 Å². The maximum atomic E-state index is 14.6. The van der Waals surface area contributed by atoms with E-state index in [9.17, 15) is 4.21 Å². The van der Waals surface area contributed by atoms with Gasteiger partial charge in [-0.15, -0.1) is 9.78 Å². The van der Waals surface area contributed by atoms with Gasteiger partial charge < -0.3 is 4.74 Å². The number of para-hydroxylation sites is 2. The second-order valence-electron chi connectivity index (χ2n) is 8.26. The fourth-order valence-corrected chi connectivity index (χ4v) is 15.1. The summed E-state index contributed by atoms with van der Waals surface area (Å²) in [6.45, 7) is 6.49. The Labute approximate surface area is 169 Å². The van der Waals surface area contributed by atoms with Gasteiger partial charge in [0.05, 0.1) is 4.08 Å². The predicted octanol–water partition coefficient (Wildman–Crippen LogP) is 2.59. The third-order valence-electron chi connectivity index (χ3n) is 5.87. The van der Waals surface area contributed by atoms with E-state index in [0.717, 1.165) is 52.5 Å². The van der Waals surface area contributed by atoms with E-state index in [1.54, 1.807) is 0 Å². The van der Waals surface area contributed by atoms with Crippen molar-refractivity contribution in [2.75, 3.05) is 11.5 Å². The molecular weight excluding hydrogens is 369 g/mol. The summed E-state index contributed by atoms with van der Waals surface area (Å²) < 4.78 is 20.6. The Hall–Kier alpha value is -1.07.